The Morgan fingerprint density at radius 2 is 1.75 bits per heavy atom. The number of hydrogen-bond donors (Lipinski definition) is 1. The summed E-state index contributed by atoms with van der Waals surface area (Å²) in [7, 11) is 0. The van der Waals surface area contributed by atoms with Crippen molar-refractivity contribution in [1.82, 2.24) is 0 Å². The maximum absolute atomic E-state index is 12.6. The highest BCUT2D eigenvalue weighted by Gasteiger charge is 2.43. The Morgan fingerprint density at radius 1 is 1.08 bits per heavy atom. The second kappa shape index (κ2) is 6.53. The zero-order valence-corrected chi connectivity index (χ0v) is 15.8. The van der Waals surface area contributed by atoms with Crippen LogP contribution in [0.1, 0.15) is 18.5 Å². The molecule has 0 saturated carbocycles. The first-order valence-corrected chi connectivity index (χ1v) is 8.77. The van der Waals surface area contributed by atoms with Crippen molar-refractivity contribution in [2.45, 2.75) is 13.0 Å². The Kier molecular flexibility index (Phi) is 4.60. The number of nitrogens with zero attached hydrogens (tertiary/aromatic N) is 1. The van der Waals surface area contributed by atoms with Crippen LogP contribution in [-0.2, 0) is 9.59 Å². The molecule has 6 heteroatoms. The second-order valence-electron chi connectivity index (χ2n) is 5.43. The number of amides is 1. The third kappa shape index (κ3) is 2.91. The number of rotatable bonds is 3. The van der Waals surface area contributed by atoms with Gasteiger partial charge in [-0.1, -0.05) is 50.1 Å². The number of benzene rings is 2. The first-order chi connectivity index (χ1) is 11.4. The van der Waals surface area contributed by atoms with Crippen LogP contribution in [0, 0.1) is 0 Å². The summed E-state index contributed by atoms with van der Waals surface area (Å²) in [4.78, 5) is 26.1. The van der Waals surface area contributed by atoms with Crippen LogP contribution in [0.3, 0.4) is 0 Å². The first-order valence-electron chi connectivity index (χ1n) is 7.19. The lowest BCUT2D eigenvalue weighted by Crippen LogP contribution is -2.30. The molecule has 4 nitrogen and oxygen atoms in total. The molecule has 0 saturated heterocycles. The molecule has 2 aromatic carbocycles. The van der Waals surface area contributed by atoms with Crippen molar-refractivity contribution in [2.75, 3.05) is 4.90 Å². The molecule has 0 bridgehead atoms. The Balaban J connectivity index is 2.18. The fourth-order valence-corrected chi connectivity index (χ4v) is 3.47. The smallest absolute Gasteiger partial charge is 0.294 e. The fourth-order valence-electron chi connectivity index (χ4n) is 2.82. The monoisotopic (exact) mass is 449 g/mol. The number of aliphatic hydroxyl groups excluding tert-OH is 1. The molecule has 2 aromatic rings. The third-order valence-electron chi connectivity index (χ3n) is 3.86. The lowest BCUT2D eigenvalue weighted by molar-refractivity contribution is -0.117. The van der Waals surface area contributed by atoms with Gasteiger partial charge >= 0.3 is 0 Å². The van der Waals surface area contributed by atoms with E-state index in [9.17, 15) is 14.7 Å². The molecule has 3 rings (SSSR count). The van der Waals surface area contributed by atoms with E-state index in [-0.39, 0.29) is 11.4 Å². The minimum atomic E-state index is -0.655. The van der Waals surface area contributed by atoms with Crippen molar-refractivity contribution >= 4 is 49.2 Å². The molecule has 24 heavy (non-hydrogen) atoms. The predicted octanol–water partition coefficient (Wildman–Crippen LogP) is 4.70. The molecule has 122 valence electrons. The maximum Gasteiger partial charge on any atom is 0.294 e. The number of halogens is 2. The summed E-state index contributed by atoms with van der Waals surface area (Å²) in [6, 6.07) is 13.9. The molecule has 1 heterocycles. The van der Waals surface area contributed by atoms with Gasteiger partial charge in [0.1, 0.15) is 0 Å². The van der Waals surface area contributed by atoms with E-state index in [1.165, 1.54) is 11.8 Å². The Morgan fingerprint density at radius 3 is 2.33 bits per heavy atom. The van der Waals surface area contributed by atoms with Crippen molar-refractivity contribution in [2.24, 2.45) is 0 Å². The standard InChI is InChI=1S/C18H13Br2NO3/c1-10(22)15-16(11-5-7-12(19)8-6-11)21(18(24)17(15)23)14-4-2-3-13(20)9-14/h2-9,16,23H,1H3/t16-/m1/s1. The minimum Gasteiger partial charge on any atom is -0.503 e. The molecular formula is C18H13Br2NO3. The summed E-state index contributed by atoms with van der Waals surface area (Å²) < 4.78 is 1.69. The van der Waals surface area contributed by atoms with Crippen LogP contribution in [0.15, 0.2) is 68.8 Å². The van der Waals surface area contributed by atoms with E-state index in [4.69, 9.17) is 0 Å². The topological polar surface area (TPSA) is 57.6 Å². The summed E-state index contributed by atoms with van der Waals surface area (Å²) in [6.07, 6.45) is 0. The largest absolute Gasteiger partial charge is 0.503 e. The molecule has 0 radical (unpaired) electrons. The van der Waals surface area contributed by atoms with Crippen LogP contribution in [0.2, 0.25) is 0 Å². The van der Waals surface area contributed by atoms with E-state index in [1.807, 2.05) is 30.3 Å². The third-order valence-corrected chi connectivity index (χ3v) is 4.88. The molecule has 1 amide bonds. The summed E-state index contributed by atoms with van der Waals surface area (Å²) in [5.74, 6) is -1.40. The van der Waals surface area contributed by atoms with Crippen molar-refractivity contribution < 1.29 is 14.7 Å². The zero-order chi connectivity index (χ0) is 17.4. The molecule has 1 aliphatic rings. The summed E-state index contributed by atoms with van der Waals surface area (Å²) >= 11 is 6.76. The minimum absolute atomic E-state index is 0.113. The van der Waals surface area contributed by atoms with Crippen molar-refractivity contribution in [3.63, 3.8) is 0 Å². The van der Waals surface area contributed by atoms with Crippen LogP contribution in [-0.4, -0.2) is 16.8 Å². The number of hydrogen-bond acceptors (Lipinski definition) is 3. The fraction of sp³-hybridized carbons (Fsp3) is 0.111. The zero-order valence-electron chi connectivity index (χ0n) is 12.7. The normalized spacial score (nSPS) is 17.5. The van der Waals surface area contributed by atoms with Gasteiger partial charge in [-0.25, -0.2) is 0 Å². The number of aliphatic hydroxyl groups is 1. The second-order valence-corrected chi connectivity index (χ2v) is 7.26. The van der Waals surface area contributed by atoms with Crippen molar-refractivity contribution in [1.29, 1.82) is 0 Å². The lowest BCUT2D eigenvalue weighted by Gasteiger charge is -2.27. The Labute approximate surface area is 156 Å². The van der Waals surface area contributed by atoms with Gasteiger partial charge in [0.15, 0.2) is 11.5 Å². The van der Waals surface area contributed by atoms with E-state index >= 15 is 0 Å². The molecule has 0 aromatic heterocycles. The number of ketones is 1. The van der Waals surface area contributed by atoms with E-state index in [1.54, 1.807) is 18.2 Å². The van der Waals surface area contributed by atoms with Gasteiger partial charge in [0.25, 0.3) is 5.91 Å². The number of carbonyl (C=O) groups excluding carboxylic acids is 2. The van der Waals surface area contributed by atoms with Gasteiger partial charge in [-0.15, -0.1) is 0 Å². The molecular weight excluding hydrogens is 438 g/mol. The van der Waals surface area contributed by atoms with Crippen molar-refractivity contribution in [3.05, 3.63) is 74.4 Å². The molecule has 0 aliphatic carbocycles. The van der Waals surface area contributed by atoms with E-state index in [2.05, 4.69) is 31.9 Å². The first kappa shape index (κ1) is 16.9. The van der Waals surface area contributed by atoms with Crippen LogP contribution in [0.5, 0.6) is 0 Å². The van der Waals surface area contributed by atoms with Gasteiger partial charge in [0.05, 0.1) is 11.6 Å². The van der Waals surface area contributed by atoms with Gasteiger partial charge in [-0.3, -0.25) is 14.5 Å². The quantitative estimate of drug-likeness (QED) is 0.737. The van der Waals surface area contributed by atoms with E-state index in [0.29, 0.717) is 5.69 Å². The van der Waals surface area contributed by atoms with Gasteiger partial charge < -0.3 is 5.11 Å². The van der Waals surface area contributed by atoms with Crippen LogP contribution in [0.25, 0.3) is 0 Å². The van der Waals surface area contributed by atoms with E-state index in [0.717, 1.165) is 14.5 Å². The lowest BCUT2D eigenvalue weighted by atomic mass is 9.96. The van der Waals surface area contributed by atoms with Crippen LogP contribution in [0.4, 0.5) is 5.69 Å². The Bertz CT molecular complexity index is 859. The van der Waals surface area contributed by atoms with Gasteiger partial charge in [-0.05, 0) is 42.8 Å². The highest BCUT2D eigenvalue weighted by Crippen LogP contribution is 2.41. The molecule has 0 fully saturated rings. The van der Waals surface area contributed by atoms with Gasteiger partial charge in [-0.2, -0.15) is 0 Å². The number of anilines is 1. The highest BCUT2D eigenvalue weighted by molar-refractivity contribution is 9.10. The predicted molar refractivity (Wildman–Crippen MR) is 98.8 cm³/mol. The SMILES string of the molecule is CC(=O)C1=C(O)C(=O)N(c2cccc(Br)c2)[C@@H]1c1ccc(Br)cc1. The van der Waals surface area contributed by atoms with Crippen LogP contribution >= 0.6 is 31.9 Å². The molecule has 1 N–H and O–H groups in total. The van der Waals surface area contributed by atoms with Gasteiger partial charge in [0, 0.05) is 14.6 Å². The maximum atomic E-state index is 12.6. The summed E-state index contributed by atoms with van der Waals surface area (Å²) in [5.41, 5.74) is 1.47. The summed E-state index contributed by atoms with van der Waals surface area (Å²) in [5, 5.41) is 10.3. The molecule has 0 unspecified atom stereocenters. The van der Waals surface area contributed by atoms with E-state index < -0.39 is 17.7 Å². The molecule has 0 spiro atoms. The van der Waals surface area contributed by atoms with Crippen molar-refractivity contribution in [3.8, 4) is 0 Å². The molecule has 1 atom stereocenters. The average molecular weight is 451 g/mol. The van der Waals surface area contributed by atoms with Gasteiger partial charge in [0.2, 0.25) is 0 Å². The average Bonchev–Trinajstić information content (AvgIpc) is 2.80. The molecule has 1 aliphatic heterocycles. The number of carbonyl (C=O) groups is 2. The Hall–Kier alpha value is -1.92. The van der Waals surface area contributed by atoms with Crippen LogP contribution < -0.4 is 4.90 Å². The summed E-state index contributed by atoms with van der Waals surface area (Å²) in [6.45, 7) is 1.36. The highest BCUT2D eigenvalue weighted by atomic mass is 79.9. The number of Topliss-reactive ketones (excluding diaryl/α,β-unsaturated/α-hetero) is 1.